The first-order valence-electron chi connectivity index (χ1n) is 11.3. The molecule has 2 N–H and O–H groups in total. The van der Waals surface area contributed by atoms with E-state index in [0.717, 1.165) is 12.2 Å². The van der Waals surface area contributed by atoms with Gasteiger partial charge in [0.2, 0.25) is 0 Å². The number of nitrogens with one attached hydrogen (secondary N) is 1. The molecule has 0 aromatic heterocycles. The van der Waals surface area contributed by atoms with Crippen LogP contribution in [-0.4, -0.2) is 46.4 Å². The quantitative estimate of drug-likeness (QED) is 0.279. The van der Waals surface area contributed by atoms with Crippen molar-refractivity contribution in [2.75, 3.05) is 25.0 Å². The van der Waals surface area contributed by atoms with Gasteiger partial charge in [-0.3, -0.25) is 14.9 Å². The van der Waals surface area contributed by atoms with Crippen molar-refractivity contribution in [1.82, 2.24) is 4.90 Å². The maximum absolute atomic E-state index is 12.5. The number of phenols is 1. The van der Waals surface area contributed by atoms with E-state index in [-0.39, 0.29) is 22.8 Å². The molecule has 2 atom stereocenters. The van der Waals surface area contributed by atoms with Crippen molar-refractivity contribution >= 4 is 23.2 Å². The van der Waals surface area contributed by atoms with Gasteiger partial charge in [-0.25, -0.2) is 0 Å². The van der Waals surface area contributed by atoms with Gasteiger partial charge in [0, 0.05) is 41.5 Å². The number of rotatable bonds is 7. The number of nitro groups is 1. The molecule has 0 bridgehead atoms. The van der Waals surface area contributed by atoms with Crippen LogP contribution in [0.15, 0.2) is 48.5 Å². The van der Waals surface area contributed by atoms with Crippen LogP contribution in [0, 0.1) is 16.0 Å². The number of fused-ring (bicyclic) bond motifs is 1. The lowest BCUT2D eigenvalue weighted by molar-refractivity contribution is -0.384. The van der Waals surface area contributed by atoms with Crippen LogP contribution >= 0.6 is 0 Å². The number of aromatic hydroxyl groups is 1. The number of nitrogens with zero attached hydrogens (tertiary/aromatic N) is 2. The van der Waals surface area contributed by atoms with Gasteiger partial charge in [-0.05, 0) is 87.2 Å². The Morgan fingerprint density at radius 1 is 1.12 bits per heavy atom. The van der Waals surface area contributed by atoms with Crippen molar-refractivity contribution < 1.29 is 14.8 Å². The number of allylic oxidation sites excluding steroid dienone is 1. The number of nitro benzene ring substituents is 1. The summed E-state index contributed by atoms with van der Waals surface area (Å²) < 4.78 is 0. The molecule has 2 aliphatic heterocycles. The SMILES string of the molecule is O=C(C=Cc1cc([N+](=O)[O-])ccc1O)c1ccc(NCC2CCCN3CCCCC23)cc1. The van der Waals surface area contributed by atoms with Crippen LogP contribution in [0.3, 0.4) is 0 Å². The molecule has 2 unspecified atom stereocenters. The average Bonchev–Trinajstić information content (AvgIpc) is 2.82. The Balaban J connectivity index is 1.35. The van der Waals surface area contributed by atoms with E-state index in [0.29, 0.717) is 17.5 Å². The lowest BCUT2D eigenvalue weighted by Crippen LogP contribution is -2.49. The summed E-state index contributed by atoms with van der Waals surface area (Å²) >= 11 is 0. The molecule has 168 valence electrons. The Morgan fingerprint density at radius 3 is 2.69 bits per heavy atom. The summed E-state index contributed by atoms with van der Waals surface area (Å²) in [5, 5.41) is 24.3. The highest BCUT2D eigenvalue weighted by atomic mass is 16.6. The first-order chi connectivity index (χ1) is 15.5. The summed E-state index contributed by atoms with van der Waals surface area (Å²) in [6, 6.07) is 11.8. The van der Waals surface area contributed by atoms with Crippen molar-refractivity contribution in [2.24, 2.45) is 5.92 Å². The van der Waals surface area contributed by atoms with E-state index in [1.165, 1.54) is 75.5 Å². The van der Waals surface area contributed by atoms with E-state index < -0.39 is 4.92 Å². The fourth-order valence-corrected chi connectivity index (χ4v) is 4.87. The molecule has 0 amide bonds. The summed E-state index contributed by atoms with van der Waals surface area (Å²) in [5.74, 6) is 0.321. The fraction of sp³-hybridized carbons (Fsp3) is 0.400. The number of carbonyl (C=O) groups is 1. The van der Waals surface area contributed by atoms with Crippen LogP contribution in [-0.2, 0) is 0 Å². The number of piperidine rings is 2. The van der Waals surface area contributed by atoms with E-state index in [4.69, 9.17) is 0 Å². The molecule has 2 saturated heterocycles. The lowest BCUT2D eigenvalue weighted by atomic mass is 9.83. The van der Waals surface area contributed by atoms with Crippen molar-refractivity contribution in [3.63, 3.8) is 0 Å². The second-order valence-electron chi connectivity index (χ2n) is 8.66. The molecule has 2 fully saturated rings. The molecule has 0 radical (unpaired) electrons. The Hall–Kier alpha value is -3.19. The van der Waals surface area contributed by atoms with Gasteiger partial charge in [0.05, 0.1) is 4.92 Å². The average molecular weight is 436 g/mol. The van der Waals surface area contributed by atoms with E-state index in [2.05, 4.69) is 10.2 Å². The van der Waals surface area contributed by atoms with Crippen molar-refractivity contribution in [3.05, 3.63) is 69.8 Å². The summed E-state index contributed by atoms with van der Waals surface area (Å²) in [4.78, 5) is 25.5. The number of ketones is 1. The molecule has 7 nitrogen and oxygen atoms in total. The summed E-state index contributed by atoms with van der Waals surface area (Å²) in [6.07, 6.45) is 9.20. The Morgan fingerprint density at radius 2 is 1.91 bits per heavy atom. The van der Waals surface area contributed by atoms with Crippen LogP contribution in [0.25, 0.3) is 6.08 Å². The zero-order chi connectivity index (χ0) is 22.5. The summed E-state index contributed by atoms with van der Waals surface area (Å²) in [7, 11) is 0. The van der Waals surface area contributed by atoms with E-state index in [9.17, 15) is 20.0 Å². The van der Waals surface area contributed by atoms with Crippen LogP contribution < -0.4 is 5.32 Å². The zero-order valence-electron chi connectivity index (χ0n) is 18.1. The second kappa shape index (κ2) is 9.96. The number of hydrogen-bond acceptors (Lipinski definition) is 6. The number of carbonyl (C=O) groups excluding carboxylic acids is 1. The van der Waals surface area contributed by atoms with Crippen molar-refractivity contribution in [1.29, 1.82) is 0 Å². The van der Waals surface area contributed by atoms with Gasteiger partial charge in [-0.2, -0.15) is 0 Å². The van der Waals surface area contributed by atoms with Crippen LogP contribution in [0.4, 0.5) is 11.4 Å². The third-order valence-electron chi connectivity index (χ3n) is 6.60. The highest BCUT2D eigenvalue weighted by Gasteiger charge is 2.32. The van der Waals surface area contributed by atoms with Gasteiger partial charge in [0.1, 0.15) is 5.75 Å². The van der Waals surface area contributed by atoms with Gasteiger partial charge >= 0.3 is 0 Å². The maximum Gasteiger partial charge on any atom is 0.270 e. The van der Waals surface area contributed by atoms with Crippen molar-refractivity contribution in [2.45, 2.75) is 38.1 Å². The molecule has 7 heteroatoms. The fourth-order valence-electron chi connectivity index (χ4n) is 4.87. The molecular weight excluding hydrogens is 406 g/mol. The number of benzene rings is 2. The number of phenolic OH excluding ortho intramolecular Hbond substituents is 1. The standard InChI is InChI=1S/C25H29N3O4/c29-24(12-8-19-16-22(28(31)32)11-13-25(19)30)18-6-9-21(10-7-18)26-17-20-4-3-15-27-14-2-1-5-23(20)27/h6-13,16,20,23,26,30H,1-5,14-15,17H2. The van der Waals surface area contributed by atoms with Crippen LogP contribution in [0.5, 0.6) is 5.75 Å². The smallest absolute Gasteiger partial charge is 0.270 e. The Bertz CT molecular complexity index is 1000. The molecule has 2 aliphatic rings. The zero-order valence-corrected chi connectivity index (χ0v) is 18.1. The topological polar surface area (TPSA) is 95.7 Å². The van der Waals surface area contributed by atoms with Crippen LogP contribution in [0.1, 0.15) is 48.0 Å². The molecule has 2 aromatic rings. The monoisotopic (exact) mass is 435 g/mol. The second-order valence-corrected chi connectivity index (χ2v) is 8.66. The predicted octanol–water partition coefficient (Wildman–Crippen LogP) is 4.87. The van der Waals surface area contributed by atoms with Gasteiger partial charge in [0.15, 0.2) is 5.78 Å². The molecular formula is C25H29N3O4. The van der Waals surface area contributed by atoms with E-state index in [1.54, 1.807) is 12.1 Å². The van der Waals surface area contributed by atoms with Gasteiger partial charge in [0.25, 0.3) is 5.69 Å². The molecule has 0 spiro atoms. The molecule has 32 heavy (non-hydrogen) atoms. The predicted molar refractivity (Wildman–Crippen MR) is 125 cm³/mol. The first-order valence-corrected chi connectivity index (χ1v) is 11.3. The highest BCUT2D eigenvalue weighted by molar-refractivity contribution is 6.07. The minimum absolute atomic E-state index is 0.113. The molecule has 0 saturated carbocycles. The number of anilines is 1. The summed E-state index contributed by atoms with van der Waals surface area (Å²) in [6.45, 7) is 3.42. The largest absolute Gasteiger partial charge is 0.507 e. The van der Waals surface area contributed by atoms with Crippen molar-refractivity contribution in [3.8, 4) is 5.75 Å². The van der Waals surface area contributed by atoms with Gasteiger partial charge in [-0.1, -0.05) is 6.42 Å². The number of non-ortho nitro benzene ring substituents is 1. The minimum Gasteiger partial charge on any atom is -0.507 e. The third kappa shape index (κ3) is 5.16. The summed E-state index contributed by atoms with van der Waals surface area (Å²) in [5.41, 5.74) is 1.61. The Labute approximate surface area is 187 Å². The first kappa shape index (κ1) is 22.0. The molecule has 2 aromatic carbocycles. The van der Waals surface area contributed by atoms with Gasteiger partial charge in [-0.15, -0.1) is 0 Å². The lowest BCUT2D eigenvalue weighted by Gasteiger charge is -2.44. The molecule has 2 heterocycles. The number of hydrogen-bond donors (Lipinski definition) is 2. The normalized spacial score (nSPS) is 21.2. The van der Waals surface area contributed by atoms with Gasteiger partial charge < -0.3 is 15.3 Å². The minimum atomic E-state index is -0.538. The Kier molecular flexibility index (Phi) is 6.85. The maximum atomic E-state index is 12.5. The molecule has 4 rings (SSSR count). The van der Waals surface area contributed by atoms with E-state index >= 15 is 0 Å². The third-order valence-corrected chi connectivity index (χ3v) is 6.60. The molecule has 0 aliphatic carbocycles. The highest BCUT2D eigenvalue weighted by Crippen LogP contribution is 2.31. The van der Waals surface area contributed by atoms with Crippen LogP contribution in [0.2, 0.25) is 0 Å². The van der Waals surface area contributed by atoms with E-state index in [1.807, 2.05) is 12.1 Å².